The molecule has 1 aliphatic heterocycles. The molecule has 2 nitrogen and oxygen atoms in total. The Morgan fingerprint density at radius 1 is 1.27 bits per heavy atom. The normalized spacial score (nSPS) is 21.5. The average molecular weight is 211 g/mol. The zero-order valence-electron chi connectivity index (χ0n) is 10.9. The van der Waals surface area contributed by atoms with Crippen molar-refractivity contribution in [2.75, 3.05) is 13.1 Å². The van der Waals surface area contributed by atoms with Gasteiger partial charge in [-0.15, -0.1) is 0 Å². The molecule has 0 radical (unpaired) electrons. The van der Waals surface area contributed by atoms with Crippen LogP contribution >= 0.6 is 0 Å². The van der Waals surface area contributed by atoms with Crippen LogP contribution in [0.2, 0.25) is 0 Å². The van der Waals surface area contributed by atoms with E-state index in [0.717, 1.165) is 25.9 Å². The molecule has 1 amide bonds. The lowest BCUT2D eigenvalue weighted by molar-refractivity contribution is -0.141. The van der Waals surface area contributed by atoms with Gasteiger partial charge in [0.1, 0.15) is 0 Å². The Labute approximate surface area is 94.0 Å². The van der Waals surface area contributed by atoms with Crippen molar-refractivity contribution >= 4 is 5.91 Å². The molecule has 0 aromatic heterocycles. The van der Waals surface area contributed by atoms with E-state index < -0.39 is 0 Å². The highest BCUT2D eigenvalue weighted by atomic mass is 16.2. The van der Waals surface area contributed by atoms with Gasteiger partial charge < -0.3 is 4.90 Å². The molecule has 0 saturated carbocycles. The Morgan fingerprint density at radius 3 is 2.07 bits per heavy atom. The van der Waals surface area contributed by atoms with E-state index in [0.29, 0.717) is 11.3 Å². The minimum absolute atomic E-state index is 0.222. The summed E-state index contributed by atoms with van der Waals surface area (Å²) in [7, 11) is 0. The molecule has 0 unspecified atom stereocenters. The number of hydrogen-bond donors (Lipinski definition) is 0. The van der Waals surface area contributed by atoms with Crippen LogP contribution in [0.5, 0.6) is 0 Å². The van der Waals surface area contributed by atoms with Gasteiger partial charge in [-0.25, -0.2) is 0 Å². The number of amides is 1. The van der Waals surface area contributed by atoms with E-state index in [1.807, 2.05) is 25.7 Å². The molecule has 15 heavy (non-hydrogen) atoms. The van der Waals surface area contributed by atoms with Crippen LogP contribution in [-0.4, -0.2) is 23.9 Å². The van der Waals surface area contributed by atoms with Gasteiger partial charge in [-0.2, -0.15) is 0 Å². The van der Waals surface area contributed by atoms with E-state index in [2.05, 4.69) is 13.8 Å². The van der Waals surface area contributed by atoms with Crippen LogP contribution < -0.4 is 0 Å². The zero-order chi connectivity index (χ0) is 11.7. The quantitative estimate of drug-likeness (QED) is 0.652. The summed E-state index contributed by atoms with van der Waals surface area (Å²) in [6.45, 7) is 12.5. The number of piperidine rings is 1. The summed E-state index contributed by atoms with van der Waals surface area (Å²) in [5.41, 5.74) is 0.245. The lowest BCUT2D eigenvalue weighted by Crippen LogP contribution is -2.46. The average Bonchev–Trinajstić information content (AvgIpc) is 2.17. The maximum absolute atomic E-state index is 12.0. The van der Waals surface area contributed by atoms with Gasteiger partial charge in [-0.3, -0.25) is 4.79 Å². The van der Waals surface area contributed by atoms with E-state index >= 15 is 0 Å². The summed E-state index contributed by atoms with van der Waals surface area (Å²) in [5, 5.41) is 0. The third kappa shape index (κ3) is 2.96. The Morgan fingerprint density at radius 2 is 1.73 bits per heavy atom. The number of likely N-dealkylation sites (tertiary alicyclic amines) is 1. The summed E-state index contributed by atoms with van der Waals surface area (Å²) in [6.07, 6.45) is 3.54. The van der Waals surface area contributed by atoms with Gasteiger partial charge in [0.15, 0.2) is 0 Å². The summed E-state index contributed by atoms with van der Waals surface area (Å²) in [4.78, 5) is 14.1. The molecular weight excluding hydrogens is 186 g/mol. The highest BCUT2D eigenvalue weighted by Gasteiger charge is 2.34. The van der Waals surface area contributed by atoms with Gasteiger partial charge >= 0.3 is 0 Å². The second-order valence-corrected chi connectivity index (χ2v) is 6.21. The van der Waals surface area contributed by atoms with Crippen molar-refractivity contribution in [3.63, 3.8) is 0 Å². The number of carbonyl (C=O) groups is 1. The first-order valence-corrected chi connectivity index (χ1v) is 6.08. The molecule has 0 N–H and O–H groups in total. The lowest BCUT2D eigenvalue weighted by Gasteiger charge is -2.41. The van der Waals surface area contributed by atoms with Crippen molar-refractivity contribution in [3.8, 4) is 0 Å². The molecule has 1 fully saturated rings. The van der Waals surface area contributed by atoms with Crippen LogP contribution in [0.15, 0.2) is 0 Å². The SMILES string of the molecule is CCC1(C)CCN(C(=O)C(C)(C)C)CC1. The van der Waals surface area contributed by atoms with Crippen molar-refractivity contribution in [3.05, 3.63) is 0 Å². The Kier molecular flexibility index (Phi) is 3.47. The fourth-order valence-electron chi connectivity index (χ4n) is 2.08. The first kappa shape index (κ1) is 12.5. The van der Waals surface area contributed by atoms with Crippen LogP contribution in [0, 0.1) is 10.8 Å². The Balaban J connectivity index is 2.55. The van der Waals surface area contributed by atoms with Gasteiger partial charge in [-0.05, 0) is 18.3 Å². The summed E-state index contributed by atoms with van der Waals surface area (Å²) in [5.74, 6) is 0.306. The molecule has 0 atom stereocenters. The third-order valence-electron chi connectivity index (χ3n) is 3.75. The molecule has 0 bridgehead atoms. The lowest BCUT2D eigenvalue weighted by atomic mass is 9.77. The first-order valence-electron chi connectivity index (χ1n) is 6.08. The molecule has 1 aliphatic rings. The molecule has 1 rings (SSSR count). The molecule has 0 aromatic carbocycles. The number of rotatable bonds is 1. The number of hydrogen-bond acceptors (Lipinski definition) is 1. The van der Waals surface area contributed by atoms with Crippen LogP contribution in [0.25, 0.3) is 0 Å². The summed E-state index contributed by atoms with van der Waals surface area (Å²) in [6, 6.07) is 0. The first-order chi connectivity index (χ1) is 6.78. The Bertz CT molecular complexity index is 231. The van der Waals surface area contributed by atoms with E-state index in [1.165, 1.54) is 6.42 Å². The van der Waals surface area contributed by atoms with Gasteiger partial charge in [0, 0.05) is 18.5 Å². The van der Waals surface area contributed by atoms with E-state index in [-0.39, 0.29) is 5.41 Å². The fraction of sp³-hybridized carbons (Fsp3) is 0.923. The molecule has 1 heterocycles. The molecule has 0 aliphatic carbocycles. The van der Waals surface area contributed by atoms with E-state index in [1.54, 1.807) is 0 Å². The number of nitrogens with zero attached hydrogens (tertiary/aromatic N) is 1. The van der Waals surface area contributed by atoms with Gasteiger partial charge in [-0.1, -0.05) is 41.0 Å². The molecule has 2 heteroatoms. The highest BCUT2D eigenvalue weighted by molar-refractivity contribution is 5.81. The van der Waals surface area contributed by atoms with E-state index in [4.69, 9.17) is 0 Å². The van der Waals surface area contributed by atoms with Gasteiger partial charge in [0.25, 0.3) is 0 Å². The van der Waals surface area contributed by atoms with Crippen LogP contribution in [0.3, 0.4) is 0 Å². The van der Waals surface area contributed by atoms with Gasteiger partial charge in [0.05, 0.1) is 0 Å². The number of carbonyl (C=O) groups excluding carboxylic acids is 1. The summed E-state index contributed by atoms with van der Waals surface area (Å²) < 4.78 is 0. The maximum Gasteiger partial charge on any atom is 0.227 e. The molecule has 1 saturated heterocycles. The highest BCUT2D eigenvalue weighted by Crippen LogP contribution is 2.35. The fourth-order valence-corrected chi connectivity index (χ4v) is 2.08. The summed E-state index contributed by atoms with van der Waals surface area (Å²) >= 11 is 0. The van der Waals surface area contributed by atoms with Crippen LogP contribution in [0.4, 0.5) is 0 Å². The smallest absolute Gasteiger partial charge is 0.227 e. The molecule has 0 spiro atoms. The van der Waals surface area contributed by atoms with Crippen LogP contribution in [-0.2, 0) is 4.79 Å². The van der Waals surface area contributed by atoms with Gasteiger partial charge in [0.2, 0.25) is 5.91 Å². The monoisotopic (exact) mass is 211 g/mol. The predicted molar refractivity (Wildman–Crippen MR) is 63.7 cm³/mol. The minimum atomic E-state index is -0.222. The van der Waals surface area contributed by atoms with Crippen molar-refractivity contribution in [1.29, 1.82) is 0 Å². The molecule has 88 valence electrons. The van der Waals surface area contributed by atoms with Crippen molar-refractivity contribution in [2.45, 2.75) is 53.9 Å². The second-order valence-electron chi connectivity index (χ2n) is 6.21. The Hall–Kier alpha value is -0.530. The van der Waals surface area contributed by atoms with Crippen LogP contribution in [0.1, 0.15) is 53.9 Å². The molecule has 0 aromatic rings. The predicted octanol–water partition coefficient (Wildman–Crippen LogP) is 3.07. The topological polar surface area (TPSA) is 20.3 Å². The van der Waals surface area contributed by atoms with Crippen molar-refractivity contribution in [2.24, 2.45) is 10.8 Å². The maximum atomic E-state index is 12.0. The largest absolute Gasteiger partial charge is 0.342 e. The zero-order valence-corrected chi connectivity index (χ0v) is 10.9. The second kappa shape index (κ2) is 4.15. The third-order valence-corrected chi connectivity index (χ3v) is 3.75. The standard InChI is InChI=1S/C13H25NO/c1-6-13(5)7-9-14(10-8-13)11(15)12(2,3)4/h6-10H2,1-5H3. The molecular formula is C13H25NO. The van der Waals surface area contributed by atoms with Crippen molar-refractivity contribution in [1.82, 2.24) is 4.90 Å². The minimum Gasteiger partial charge on any atom is -0.342 e. The van der Waals surface area contributed by atoms with E-state index in [9.17, 15) is 4.79 Å². The van der Waals surface area contributed by atoms with Crippen molar-refractivity contribution < 1.29 is 4.79 Å².